The van der Waals surface area contributed by atoms with Gasteiger partial charge in [0.1, 0.15) is 12.4 Å². The number of halogens is 2. The standard InChI is InChI=1S/C35H29Cl2N3O4S/c1-4-16-44-26-14-11-22(12-15-26)32-31(34(42)43-5-2)21(3)38-35-40(32)33(41)30(45-35)17-24-20-39(29-9-7-6-8-27(24)29)19-23-10-13-25(36)18-28(23)37/h4,6-15,17-18,20,32H,1,5,16,19H2,2-3H3/b30-17-/t32-/m1/s1. The van der Waals surface area contributed by atoms with Crippen LogP contribution in [0.4, 0.5) is 0 Å². The number of rotatable bonds is 9. The molecular formula is C35H29Cl2N3O4S. The molecule has 0 saturated carbocycles. The minimum absolute atomic E-state index is 0.201. The van der Waals surface area contributed by atoms with Crippen LogP contribution in [0.2, 0.25) is 10.0 Å². The van der Waals surface area contributed by atoms with Gasteiger partial charge >= 0.3 is 5.97 Å². The Morgan fingerprint density at radius 3 is 2.62 bits per heavy atom. The Morgan fingerprint density at radius 1 is 1.11 bits per heavy atom. The topological polar surface area (TPSA) is 74.8 Å². The minimum atomic E-state index is -0.718. The van der Waals surface area contributed by atoms with E-state index in [-0.39, 0.29) is 12.2 Å². The second-order valence-corrected chi connectivity index (χ2v) is 12.3. The summed E-state index contributed by atoms with van der Waals surface area (Å²) >= 11 is 13.9. The predicted molar refractivity (Wildman–Crippen MR) is 180 cm³/mol. The predicted octanol–water partition coefficient (Wildman–Crippen LogP) is 6.67. The van der Waals surface area contributed by atoms with E-state index in [9.17, 15) is 9.59 Å². The summed E-state index contributed by atoms with van der Waals surface area (Å²) in [5.74, 6) is 0.148. The van der Waals surface area contributed by atoms with Crippen LogP contribution in [-0.2, 0) is 16.1 Å². The summed E-state index contributed by atoms with van der Waals surface area (Å²) < 4.78 is 15.3. The Balaban J connectivity index is 1.48. The quantitative estimate of drug-likeness (QED) is 0.131. The van der Waals surface area contributed by atoms with Crippen molar-refractivity contribution in [3.63, 3.8) is 0 Å². The Hall–Kier alpha value is -4.37. The van der Waals surface area contributed by atoms with Crippen molar-refractivity contribution in [1.82, 2.24) is 9.13 Å². The van der Waals surface area contributed by atoms with Crippen molar-refractivity contribution in [1.29, 1.82) is 0 Å². The van der Waals surface area contributed by atoms with Crippen molar-refractivity contribution >= 4 is 57.5 Å². The molecule has 1 aliphatic rings. The van der Waals surface area contributed by atoms with Crippen molar-refractivity contribution in [2.75, 3.05) is 13.2 Å². The number of carbonyl (C=O) groups excluding carboxylic acids is 1. The van der Waals surface area contributed by atoms with Gasteiger partial charge in [0, 0.05) is 39.3 Å². The first-order valence-corrected chi connectivity index (χ1v) is 15.9. The normalized spacial score (nSPS) is 14.8. The number of ether oxygens (including phenoxy) is 2. The number of nitrogens with zero attached hydrogens (tertiary/aromatic N) is 3. The number of carbonyl (C=O) groups is 1. The van der Waals surface area contributed by atoms with E-state index >= 15 is 0 Å². The van der Waals surface area contributed by atoms with Gasteiger partial charge in [-0.3, -0.25) is 9.36 Å². The van der Waals surface area contributed by atoms with E-state index in [0.29, 0.717) is 49.6 Å². The van der Waals surface area contributed by atoms with Crippen LogP contribution in [0.25, 0.3) is 17.0 Å². The molecule has 7 nitrogen and oxygen atoms in total. The monoisotopic (exact) mass is 657 g/mol. The van der Waals surface area contributed by atoms with Crippen LogP contribution in [0.1, 0.15) is 36.6 Å². The largest absolute Gasteiger partial charge is 0.490 e. The van der Waals surface area contributed by atoms with E-state index in [0.717, 1.165) is 27.6 Å². The molecule has 0 aliphatic carbocycles. The fourth-order valence-electron chi connectivity index (χ4n) is 5.50. The molecule has 1 aliphatic heterocycles. The van der Waals surface area contributed by atoms with Gasteiger partial charge in [0.15, 0.2) is 4.80 Å². The number of esters is 1. The Bertz CT molecular complexity index is 2160. The minimum Gasteiger partial charge on any atom is -0.490 e. The third kappa shape index (κ3) is 6.01. The molecule has 0 N–H and O–H groups in total. The highest BCUT2D eigenvalue weighted by Gasteiger charge is 2.33. The number of hydrogen-bond donors (Lipinski definition) is 0. The average Bonchev–Trinajstić information content (AvgIpc) is 3.53. The molecule has 3 aromatic carbocycles. The smallest absolute Gasteiger partial charge is 0.338 e. The van der Waals surface area contributed by atoms with Crippen LogP contribution < -0.4 is 19.6 Å². The highest BCUT2D eigenvalue weighted by atomic mass is 35.5. The third-order valence-corrected chi connectivity index (χ3v) is 9.11. The molecule has 6 rings (SSSR count). The number of fused-ring (bicyclic) bond motifs is 2. The van der Waals surface area contributed by atoms with Crippen molar-refractivity contribution in [3.8, 4) is 5.75 Å². The molecule has 0 fully saturated rings. The molecule has 0 saturated heterocycles. The van der Waals surface area contributed by atoms with Crippen LogP contribution in [0.15, 0.2) is 107 Å². The fraction of sp³-hybridized carbons (Fsp3) is 0.171. The van der Waals surface area contributed by atoms with E-state index in [1.807, 2.05) is 72.9 Å². The molecule has 228 valence electrons. The lowest BCUT2D eigenvalue weighted by Crippen LogP contribution is -2.39. The third-order valence-electron chi connectivity index (χ3n) is 7.54. The van der Waals surface area contributed by atoms with E-state index < -0.39 is 12.0 Å². The second-order valence-electron chi connectivity index (χ2n) is 10.4. The van der Waals surface area contributed by atoms with E-state index in [4.69, 9.17) is 37.7 Å². The molecule has 0 amide bonds. The first kappa shape index (κ1) is 30.6. The van der Waals surface area contributed by atoms with Gasteiger partial charge < -0.3 is 14.0 Å². The average molecular weight is 659 g/mol. The highest BCUT2D eigenvalue weighted by Crippen LogP contribution is 2.32. The molecule has 5 aromatic rings. The molecule has 1 atom stereocenters. The van der Waals surface area contributed by atoms with E-state index in [1.165, 1.54) is 11.3 Å². The van der Waals surface area contributed by atoms with Crippen molar-refractivity contribution in [2.24, 2.45) is 4.99 Å². The maximum Gasteiger partial charge on any atom is 0.338 e. The molecule has 0 spiro atoms. The van der Waals surface area contributed by atoms with Gasteiger partial charge in [-0.2, -0.15) is 0 Å². The van der Waals surface area contributed by atoms with Gasteiger partial charge in [0.25, 0.3) is 5.56 Å². The zero-order chi connectivity index (χ0) is 31.7. The van der Waals surface area contributed by atoms with Crippen LogP contribution in [0.3, 0.4) is 0 Å². The van der Waals surface area contributed by atoms with Gasteiger partial charge in [0.05, 0.1) is 28.5 Å². The lowest BCUT2D eigenvalue weighted by Gasteiger charge is -2.24. The number of thiazole rings is 1. The maximum atomic E-state index is 14.2. The summed E-state index contributed by atoms with van der Waals surface area (Å²) in [6.07, 6.45) is 5.57. The SMILES string of the molecule is C=CCOc1ccc([C@@H]2C(C(=O)OCC)=C(C)N=c3s/c(=C\c4cn(Cc5ccc(Cl)cc5Cl)c5ccccc45)c(=O)n32)cc1. The van der Waals surface area contributed by atoms with Crippen LogP contribution in [-0.4, -0.2) is 28.3 Å². The van der Waals surface area contributed by atoms with Gasteiger partial charge in [-0.1, -0.05) is 83.6 Å². The molecule has 3 heterocycles. The fourth-order valence-corrected chi connectivity index (χ4v) is 7.01. The van der Waals surface area contributed by atoms with Gasteiger partial charge in [-0.25, -0.2) is 9.79 Å². The van der Waals surface area contributed by atoms with Crippen molar-refractivity contribution in [2.45, 2.75) is 26.4 Å². The molecule has 0 bridgehead atoms. The zero-order valence-electron chi connectivity index (χ0n) is 24.6. The number of benzene rings is 3. The molecule has 0 radical (unpaired) electrons. The zero-order valence-corrected chi connectivity index (χ0v) is 27.0. The number of aromatic nitrogens is 2. The summed E-state index contributed by atoms with van der Waals surface area (Å²) in [5.41, 5.74) is 4.13. The summed E-state index contributed by atoms with van der Waals surface area (Å²) in [6, 6.07) is 20.1. The second kappa shape index (κ2) is 12.9. The Morgan fingerprint density at radius 2 is 1.89 bits per heavy atom. The number of hydrogen-bond acceptors (Lipinski definition) is 6. The van der Waals surface area contributed by atoms with E-state index in [2.05, 4.69) is 11.1 Å². The Labute approximate surface area is 273 Å². The lowest BCUT2D eigenvalue weighted by atomic mass is 9.96. The molecule has 45 heavy (non-hydrogen) atoms. The first-order valence-electron chi connectivity index (χ1n) is 14.3. The van der Waals surface area contributed by atoms with Gasteiger partial charge in [-0.05, 0) is 61.4 Å². The molecule has 10 heteroatoms. The maximum absolute atomic E-state index is 14.2. The molecule has 2 aromatic heterocycles. The number of para-hydroxylation sites is 1. The highest BCUT2D eigenvalue weighted by molar-refractivity contribution is 7.07. The van der Waals surface area contributed by atoms with E-state index in [1.54, 1.807) is 30.6 Å². The summed E-state index contributed by atoms with van der Waals surface area (Å²) in [6.45, 7) is 8.31. The molecular weight excluding hydrogens is 629 g/mol. The summed E-state index contributed by atoms with van der Waals surface area (Å²) in [4.78, 5) is 32.6. The van der Waals surface area contributed by atoms with Crippen molar-refractivity contribution < 1.29 is 14.3 Å². The molecule has 0 unspecified atom stereocenters. The van der Waals surface area contributed by atoms with Crippen LogP contribution >= 0.6 is 34.5 Å². The summed E-state index contributed by atoms with van der Waals surface area (Å²) in [7, 11) is 0. The first-order chi connectivity index (χ1) is 21.8. The van der Waals surface area contributed by atoms with Gasteiger partial charge in [0.2, 0.25) is 0 Å². The Kier molecular flexibility index (Phi) is 8.81. The summed E-state index contributed by atoms with van der Waals surface area (Å²) in [5, 5.41) is 2.15. The van der Waals surface area contributed by atoms with Crippen LogP contribution in [0, 0.1) is 0 Å². The van der Waals surface area contributed by atoms with Crippen molar-refractivity contribution in [3.05, 3.63) is 143 Å². The van der Waals surface area contributed by atoms with Gasteiger partial charge in [-0.15, -0.1) is 0 Å². The number of allylic oxidation sites excluding steroid dienone is 1. The lowest BCUT2D eigenvalue weighted by molar-refractivity contribution is -0.139. The van der Waals surface area contributed by atoms with Crippen LogP contribution in [0.5, 0.6) is 5.75 Å².